The Hall–Kier alpha value is -2.55. The quantitative estimate of drug-likeness (QED) is 0.932. The standard InChI is InChI=1S/C14H10F3N3/c15-14(16,17)11-6-12(13(7-18)20-9-11)19-8-10-4-2-1-3-5-10/h1-6,9,19H,8H2. The van der Waals surface area contributed by atoms with Crippen LogP contribution in [-0.2, 0) is 12.7 Å². The minimum absolute atomic E-state index is 0.0612. The number of aromatic nitrogens is 1. The molecule has 1 N–H and O–H groups in total. The van der Waals surface area contributed by atoms with Crippen LogP contribution >= 0.6 is 0 Å². The molecule has 0 aliphatic heterocycles. The zero-order chi connectivity index (χ0) is 14.6. The summed E-state index contributed by atoms with van der Waals surface area (Å²) in [5.74, 6) is 0. The van der Waals surface area contributed by atoms with Crippen LogP contribution in [0.2, 0.25) is 0 Å². The summed E-state index contributed by atoms with van der Waals surface area (Å²) >= 11 is 0. The Kier molecular flexibility index (Phi) is 3.89. The molecule has 20 heavy (non-hydrogen) atoms. The molecule has 0 saturated carbocycles. The predicted molar refractivity (Wildman–Crippen MR) is 67.7 cm³/mol. The van der Waals surface area contributed by atoms with Crippen molar-refractivity contribution in [2.45, 2.75) is 12.7 Å². The van der Waals surface area contributed by atoms with Crippen LogP contribution < -0.4 is 5.32 Å². The van der Waals surface area contributed by atoms with Crippen molar-refractivity contribution in [3.63, 3.8) is 0 Å². The molecule has 0 unspecified atom stereocenters. The third-order valence-corrected chi connectivity index (χ3v) is 2.65. The molecule has 0 aliphatic carbocycles. The zero-order valence-corrected chi connectivity index (χ0v) is 10.3. The topological polar surface area (TPSA) is 48.7 Å². The highest BCUT2D eigenvalue weighted by Crippen LogP contribution is 2.31. The summed E-state index contributed by atoms with van der Waals surface area (Å²) in [6.07, 6.45) is -3.82. The van der Waals surface area contributed by atoms with Gasteiger partial charge in [-0.25, -0.2) is 4.98 Å². The van der Waals surface area contributed by atoms with Gasteiger partial charge in [0.25, 0.3) is 0 Å². The second kappa shape index (κ2) is 5.61. The number of nitriles is 1. The number of halogens is 3. The van der Waals surface area contributed by atoms with Crippen molar-refractivity contribution < 1.29 is 13.2 Å². The minimum atomic E-state index is -4.48. The summed E-state index contributed by atoms with van der Waals surface area (Å²) in [6.45, 7) is 0.318. The van der Waals surface area contributed by atoms with Crippen molar-refractivity contribution in [2.24, 2.45) is 0 Å². The largest absolute Gasteiger partial charge is 0.417 e. The Morgan fingerprint density at radius 1 is 1.20 bits per heavy atom. The Morgan fingerprint density at radius 3 is 2.50 bits per heavy atom. The van der Waals surface area contributed by atoms with Crippen molar-refractivity contribution in [2.75, 3.05) is 5.32 Å². The number of nitrogens with zero attached hydrogens (tertiary/aromatic N) is 2. The van der Waals surface area contributed by atoms with Crippen LogP contribution in [0.5, 0.6) is 0 Å². The number of alkyl halides is 3. The van der Waals surface area contributed by atoms with Gasteiger partial charge < -0.3 is 5.32 Å². The molecule has 0 atom stereocenters. The fourth-order valence-electron chi connectivity index (χ4n) is 1.64. The number of nitrogens with one attached hydrogen (secondary N) is 1. The monoisotopic (exact) mass is 277 g/mol. The van der Waals surface area contributed by atoms with Gasteiger partial charge in [-0.2, -0.15) is 18.4 Å². The second-order valence-electron chi connectivity index (χ2n) is 4.07. The van der Waals surface area contributed by atoms with Crippen LogP contribution in [0.15, 0.2) is 42.6 Å². The first-order chi connectivity index (χ1) is 9.50. The molecule has 0 saturated heterocycles. The van der Waals surface area contributed by atoms with Gasteiger partial charge in [-0.05, 0) is 11.6 Å². The molecule has 102 valence electrons. The lowest BCUT2D eigenvalue weighted by atomic mass is 10.2. The lowest BCUT2D eigenvalue weighted by Crippen LogP contribution is -2.09. The van der Waals surface area contributed by atoms with Crippen molar-refractivity contribution in [1.82, 2.24) is 4.98 Å². The van der Waals surface area contributed by atoms with Crippen LogP contribution in [-0.4, -0.2) is 4.98 Å². The molecule has 3 nitrogen and oxygen atoms in total. The Bertz CT molecular complexity index is 630. The maximum atomic E-state index is 12.6. The molecular formula is C14H10F3N3. The lowest BCUT2D eigenvalue weighted by Gasteiger charge is -2.11. The molecule has 6 heteroatoms. The van der Waals surface area contributed by atoms with Crippen LogP contribution in [0.1, 0.15) is 16.8 Å². The molecular weight excluding hydrogens is 267 g/mol. The van der Waals surface area contributed by atoms with Gasteiger partial charge >= 0.3 is 6.18 Å². The maximum Gasteiger partial charge on any atom is 0.417 e. The van der Waals surface area contributed by atoms with Crippen molar-refractivity contribution in [3.8, 4) is 6.07 Å². The van der Waals surface area contributed by atoms with E-state index in [4.69, 9.17) is 5.26 Å². The summed E-state index contributed by atoms with van der Waals surface area (Å²) in [6, 6.07) is 11.8. The summed E-state index contributed by atoms with van der Waals surface area (Å²) in [4.78, 5) is 3.53. The van der Waals surface area contributed by atoms with Gasteiger partial charge in [-0.3, -0.25) is 0 Å². The summed E-state index contributed by atoms with van der Waals surface area (Å²) in [7, 11) is 0. The number of hydrogen-bond acceptors (Lipinski definition) is 3. The highest BCUT2D eigenvalue weighted by Gasteiger charge is 2.31. The van der Waals surface area contributed by atoms with E-state index in [1.54, 1.807) is 6.07 Å². The van der Waals surface area contributed by atoms with Gasteiger partial charge in [-0.1, -0.05) is 30.3 Å². The van der Waals surface area contributed by atoms with Gasteiger partial charge in [0.2, 0.25) is 0 Å². The normalized spacial score (nSPS) is 10.9. The highest BCUT2D eigenvalue weighted by atomic mass is 19.4. The van der Waals surface area contributed by atoms with E-state index in [-0.39, 0.29) is 11.4 Å². The molecule has 2 rings (SSSR count). The van der Waals surface area contributed by atoms with E-state index < -0.39 is 11.7 Å². The van der Waals surface area contributed by atoms with E-state index in [0.29, 0.717) is 12.7 Å². The maximum absolute atomic E-state index is 12.6. The first kappa shape index (κ1) is 13.9. The number of benzene rings is 1. The van der Waals surface area contributed by atoms with Crippen molar-refractivity contribution >= 4 is 5.69 Å². The van der Waals surface area contributed by atoms with Crippen molar-refractivity contribution in [3.05, 3.63) is 59.4 Å². The Balaban J connectivity index is 2.24. The molecule has 1 aromatic carbocycles. The van der Waals surface area contributed by atoms with Gasteiger partial charge in [0, 0.05) is 12.7 Å². The number of pyridine rings is 1. The highest BCUT2D eigenvalue weighted by molar-refractivity contribution is 5.55. The molecule has 0 spiro atoms. The predicted octanol–water partition coefficient (Wildman–Crippen LogP) is 3.58. The SMILES string of the molecule is N#Cc1ncc(C(F)(F)F)cc1NCc1ccccc1. The van der Waals surface area contributed by atoms with E-state index >= 15 is 0 Å². The third kappa shape index (κ3) is 3.26. The molecule has 2 aromatic rings. The molecule has 0 radical (unpaired) electrons. The third-order valence-electron chi connectivity index (χ3n) is 2.65. The van der Waals surface area contributed by atoms with Crippen LogP contribution in [0.4, 0.5) is 18.9 Å². The molecule has 0 bridgehead atoms. The van der Waals surface area contributed by atoms with E-state index in [1.165, 1.54) is 0 Å². The number of anilines is 1. The first-order valence-corrected chi connectivity index (χ1v) is 5.76. The van der Waals surface area contributed by atoms with Crippen LogP contribution in [0.3, 0.4) is 0 Å². The first-order valence-electron chi connectivity index (χ1n) is 5.76. The van der Waals surface area contributed by atoms with Gasteiger partial charge in [0.15, 0.2) is 5.69 Å². The molecule has 1 aromatic heterocycles. The Labute approximate surface area is 113 Å². The van der Waals surface area contributed by atoms with E-state index in [2.05, 4.69) is 10.3 Å². The average Bonchev–Trinajstić information content (AvgIpc) is 2.45. The summed E-state index contributed by atoms with van der Waals surface area (Å²) in [5.41, 5.74) is 0.0287. The smallest absolute Gasteiger partial charge is 0.379 e. The van der Waals surface area contributed by atoms with E-state index in [9.17, 15) is 13.2 Å². The average molecular weight is 277 g/mol. The molecule has 0 fully saturated rings. The minimum Gasteiger partial charge on any atom is -0.379 e. The lowest BCUT2D eigenvalue weighted by molar-refractivity contribution is -0.137. The summed E-state index contributed by atoms with van der Waals surface area (Å²) < 4.78 is 37.8. The summed E-state index contributed by atoms with van der Waals surface area (Å²) in [5, 5.41) is 11.7. The van der Waals surface area contributed by atoms with Gasteiger partial charge in [0.05, 0.1) is 11.3 Å². The number of rotatable bonds is 3. The molecule has 0 amide bonds. The van der Waals surface area contributed by atoms with Crippen LogP contribution in [0, 0.1) is 11.3 Å². The Morgan fingerprint density at radius 2 is 1.90 bits per heavy atom. The van der Waals surface area contributed by atoms with Crippen molar-refractivity contribution in [1.29, 1.82) is 5.26 Å². The van der Waals surface area contributed by atoms with E-state index in [1.807, 2.05) is 30.3 Å². The number of hydrogen-bond donors (Lipinski definition) is 1. The van der Waals surface area contributed by atoms with Crippen LogP contribution in [0.25, 0.3) is 0 Å². The molecule has 1 heterocycles. The zero-order valence-electron chi connectivity index (χ0n) is 10.3. The van der Waals surface area contributed by atoms with Gasteiger partial charge in [-0.15, -0.1) is 0 Å². The molecule has 0 aliphatic rings. The fourth-order valence-corrected chi connectivity index (χ4v) is 1.64. The van der Waals surface area contributed by atoms with E-state index in [0.717, 1.165) is 11.6 Å². The fraction of sp³-hybridized carbons (Fsp3) is 0.143. The van der Waals surface area contributed by atoms with Gasteiger partial charge in [0.1, 0.15) is 6.07 Å². The second-order valence-corrected chi connectivity index (χ2v) is 4.07.